The fourth-order valence-electron chi connectivity index (χ4n) is 2.12. The van der Waals surface area contributed by atoms with Gasteiger partial charge in [-0.3, -0.25) is 0 Å². The van der Waals surface area contributed by atoms with Crippen LogP contribution in [-0.4, -0.2) is 27.9 Å². The number of methoxy groups -OCH3 is 3. The lowest BCUT2D eigenvalue weighted by molar-refractivity contribution is 0.0655. The van der Waals surface area contributed by atoms with Gasteiger partial charge in [0.15, 0.2) is 11.5 Å². The van der Waals surface area contributed by atoms with Crippen LogP contribution in [0.3, 0.4) is 0 Å². The van der Waals surface area contributed by atoms with Gasteiger partial charge in [0.2, 0.25) is 5.75 Å². The summed E-state index contributed by atoms with van der Waals surface area (Å²) in [5.41, 5.74) is 0.986. The molecule has 98 valence electrons. The molecule has 1 aliphatic heterocycles. The van der Waals surface area contributed by atoms with Gasteiger partial charge < -0.3 is 18.9 Å². The zero-order valence-corrected chi connectivity index (χ0v) is 10.9. The molecule has 1 aromatic rings. The molecular weight excluding hydrogens is 232 g/mol. The van der Waals surface area contributed by atoms with Gasteiger partial charge in [-0.1, -0.05) is 12.2 Å². The molecule has 0 N–H and O–H groups in total. The van der Waals surface area contributed by atoms with Crippen molar-refractivity contribution in [2.24, 2.45) is 0 Å². The second-order valence-electron chi connectivity index (χ2n) is 3.95. The van der Waals surface area contributed by atoms with Gasteiger partial charge in [0.25, 0.3) is 0 Å². The monoisotopic (exact) mass is 250 g/mol. The van der Waals surface area contributed by atoms with Crippen LogP contribution in [0.15, 0.2) is 24.3 Å². The Labute approximate surface area is 107 Å². The van der Waals surface area contributed by atoms with Crippen LogP contribution in [0, 0.1) is 0 Å². The summed E-state index contributed by atoms with van der Waals surface area (Å²) in [6, 6.07) is 3.84. The van der Waals surface area contributed by atoms with E-state index in [-0.39, 0.29) is 6.10 Å². The Morgan fingerprint density at radius 1 is 1.00 bits per heavy atom. The van der Waals surface area contributed by atoms with Crippen molar-refractivity contribution >= 4 is 0 Å². The number of rotatable bonds is 4. The van der Waals surface area contributed by atoms with Gasteiger partial charge in [-0.2, -0.15) is 0 Å². The smallest absolute Gasteiger partial charge is 0.203 e. The van der Waals surface area contributed by atoms with Crippen LogP contribution in [0.2, 0.25) is 0 Å². The van der Waals surface area contributed by atoms with Gasteiger partial charge >= 0.3 is 0 Å². The molecule has 0 aliphatic carbocycles. The third-order valence-electron chi connectivity index (χ3n) is 2.99. The molecule has 0 amide bonds. The van der Waals surface area contributed by atoms with Crippen molar-refractivity contribution in [2.45, 2.75) is 12.5 Å². The van der Waals surface area contributed by atoms with E-state index in [0.29, 0.717) is 23.9 Å². The highest BCUT2D eigenvalue weighted by Gasteiger charge is 2.22. The van der Waals surface area contributed by atoms with Crippen molar-refractivity contribution in [3.63, 3.8) is 0 Å². The van der Waals surface area contributed by atoms with Crippen LogP contribution < -0.4 is 14.2 Å². The van der Waals surface area contributed by atoms with E-state index in [4.69, 9.17) is 18.9 Å². The molecule has 4 nitrogen and oxygen atoms in total. The Bertz CT molecular complexity index is 440. The maximum Gasteiger partial charge on any atom is 0.203 e. The maximum atomic E-state index is 5.72. The van der Waals surface area contributed by atoms with Gasteiger partial charge in [0, 0.05) is 5.56 Å². The molecule has 1 aliphatic rings. The topological polar surface area (TPSA) is 36.9 Å². The number of ether oxygens (including phenoxy) is 4. The third kappa shape index (κ3) is 2.29. The molecule has 1 heterocycles. The molecule has 18 heavy (non-hydrogen) atoms. The molecule has 1 unspecified atom stereocenters. The van der Waals surface area contributed by atoms with E-state index in [0.717, 1.165) is 12.0 Å². The van der Waals surface area contributed by atoms with Gasteiger partial charge in [0.05, 0.1) is 34.0 Å². The van der Waals surface area contributed by atoms with Crippen molar-refractivity contribution in [1.29, 1.82) is 0 Å². The summed E-state index contributed by atoms with van der Waals surface area (Å²) in [7, 11) is 4.84. The minimum absolute atomic E-state index is 0.00440. The van der Waals surface area contributed by atoms with Crippen LogP contribution in [-0.2, 0) is 4.74 Å². The van der Waals surface area contributed by atoms with Crippen molar-refractivity contribution in [3.8, 4) is 17.2 Å². The second-order valence-corrected chi connectivity index (χ2v) is 3.95. The molecule has 0 radical (unpaired) electrons. The number of benzene rings is 1. The highest BCUT2D eigenvalue weighted by Crippen LogP contribution is 2.44. The fourth-order valence-corrected chi connectivity index (χ4v) is 2.12. The summed E-state index contributed by atoms with van der Waals surface area (Å²) in [5.74, 6) is 1.94. The Morgan fingerprint density at radius 2 is 1.78 bits per heavy atom. The molecule has 1 atom stereocenters. The quantitative estimate of drug-likeness (QED) is 0.770. The first-order valence-electron chi connectivity index (χ1n) is 5.87. The molecule has 4 heteroatoms. The normalized spacial score (nSPS) is 18.5. The zero-order chi connectivity index (χ0) is 13.0. The predicted octanol–water partition coefficient (Wildman–Crippen LogP) is 2.73. The minimum atomic E-state index is 0.00440. The summed E-state index contributed by atoms with van der Waals surface area (Å²) >= 11 is 0. The average molecular weight is 250 g/mol. The molecular formula is C14H18O4. The van der Waals surface area contributed by atoms with Crippen LogP contribution in [0.4, 0.5) is 0 Å². The zero-order valence-electron chi connectivity index (χ0n) is 10.9. The van der Waals surface area contributed by atoms with E-state index in [1.54, 1.807) is 21.3 Å². The third-order valence-corrected chi connectivity index (χ3v) is 2.99. The summed E-state index contributed by atoms with van der Waals surface area (Å²) in [4.78, 5) is 0. The largest absolute Gasteiger partial charge is 0.493 e. The van der Waals surface area contributed by atoms with Crippen molar-refractivity contribution in [1.82, 2.24) is 0 Å². The van der Waals surface area contributed by atoms with Gasteiger partial charge in [-0.25, -0.2) is 0 Å². The van der Waals surface area contributed by atoms with E-state index >= 15 is 0 Å². The van der Waals surface area contributed by atoms with Gasteiger partial charge in [0.1, 0.15) is 0 Å². The van der Waals surface area contributed by atoms with Crippen LogP contribution in [0.5, 0.6) is 17.2 Å². The summed E-state index contributed by atoms with van der Waals surface area (Å²) in [5, 5.41) is 0. The average Bonchev–Trinajstić information content (AvgIpc) is 2.46. The lowest BCUT2D eigenvalue weighted by Crippen LogP contribution is -2.10. The lowest BCUT2D eigenvalue weighted by Gasteiger charge is -2.23. The summed E-state index contributed by atoms with van der Waals surface area (Å²) in [6.45, 7) is 0.627. The van der Waals surface area contributed by atoms with Crippen molar-refractivity contribution < 1.29 is 18.9 Å². The van der Waals surface area contributed by atoms with E-state index in [1.807, 2.05) is 18.2 Å². The number of hydrogen-bond donors (Lipinski definition) is 0. The Balaban J connectivity index is 2.43. The molecule has 0 fully saturated rings. The molecule has 0 bridgehead atoms. The standard InChI is InChI=1S/C14H18O4/c1-15-12-8-7-10(11-6-4-5-9-18-11)13(16-2)14(12)17-3/h4-5,7-8,11H,6,9H2,1-3H3. The molecule has 1 aromatic carbocycles. The van der Waals surface area contributed by atoms with E-state index < -0.39 is 0 Å². The minimum Gasteiger partial charge on any atom is -0.493 e. The predicted molar refractivity (Wildman–Crippen MR) is 68.5 cm³/mol. The maximum absolute atomic E-state index is 5.72. The van der Waals surface area contributed by atoms with Gasteiger partial charge in [-0.05, 0) is 18.6 Å². The first-order valence-corrected chi connectivity index (χ1v) is 5.87. The first-order chi connectivity index (χ1) is 8.81. The molecule has 0 aromatic heterocycles. The van der Waals surface area contributed by atoms with Crippen LogP contribution >= 0.6 is 0 Å². The molecule has 0 saturated carbocycles. The van der Waals surface area contributed by atoms with Gasteiger partial charge in [-0.15, -0.1) is 0 Å². The van der Waals surface area contributed by atoms with E-state index in [2.05, 4.69) is 6.08 Å². The Morgan fingerprint density at radius 3 is 2.33 bits per heavy atom. The Hall–Kier alpha value is -1.68. The second kappa shape index (κ2) is 5.78. The number of hydrogen-bond acceptors (Lipinski definition) is 4. The van der Waals surface area contributed by atoms with E-state index in [1.165, 1.54) is 0 Å². The SMILES string of the molecule is COc1ccc(C2CC=CCO2)c(OC)c1OC. The first kappa shape index (κ1) is 12.8. The van der Waals surface area contributed by atoms with Crippen LogP contribution in [0.25, 0.3) is 0 Å². The molecule has 2 rings (SSSR count). The van der Waals surface area contributed by atoms with Crippen molar-refractivity contribution in [3.05, 3.63) is 29.8 Å². The summed E-state index contributed by atoms with van der Waals surface area (Å²) in [6.07, 6.45) is 4.98. The fraction of sp³-hybridized carbons (Fsp3) is 0.429. The highest BCUT2D eigenvalue weighted by molar-refractivity contribution is 5.56. The molecule has 0 spiro atoms. The van der Waals surface area contributed by atoms with Crippen LogP contribution in [0.1, 0.15) is 18.1 Å². The molecule has 0 saturated heterocycles. The van der Waals surface area contributed by atoms with E-state index in [9.17, 15) is 0 Å². The van der Waals surface area contributed by atoms with Crippen molar-refractivity contribution in [2.75, 3.05) is 27.9 Å². The summed E-state index contributed by atoms with van der Waals surface area (Å²) < 4.78 is 21.8. The Kier molecular flexibility index (Phi) is 4.10. The highest BCUT2D eigenvalue weighted by atomic mass is 16.5. The lowest BCUT2D eigenvalue weighted by atomic mass is 10.0.